The lowest BCUT2D eigenvalue weighted by Crippen LogP contribution is -2.17. The highest BCUT2D eigenvalue weighted by atomic mass is 35.5. The fourth-order valence-corrected chi connectivity index (χ4v) is 2.04. The maximum Gasteiger partial charge on any atom is 0.321 e. The van der Waals surface area contributed by atoms with Gasteiger partial charge in [-0.15, -0.1) is 0 Å². The third-order valence-corrected chi connectivity index (χ3v) is 3.73. The number of hydrogen-bond donors (Lipinski definition) is 0. The van der Waals surface area contributed by atoms with Crippen molar-refractivity contribution in [2.24, 2.45) is 4.99 Å². The molecule has 0 fully saturated rings. The Morgan fingerprint density at radius 3 is 2.69 bits per heavy atom. The van der Waals surface area contributed by atoms with Crippen molar-refractivity contribution < 1.29 is 17.5 Å². The van der Waals surface area contributed by atoms with Crippen molar-refractivity contribution in [3.63, 3.8) is 0 Å². The van der Waals surface area contributed by atoms with Crippen LogP contribution in [0.1, 0.15) is 0 Å². The molecular weight excluding hydrogens is 257 g/mol. The molecular formula is C9H5ClFNO3S. The highest BCUT2D eigenvalue weighted by Gasteiger charge is 2.30. The van der Waals surface area contributed by atoms with Crippen LogP contribution in [0.15, 0.2) is 39.8 Å². The van der Waals surface area contributed by atoms with Crippen LogP contribution < -0.4 is 4.74 Å². The number of halogens is 2. The molecule has 1 aliphatic rings. The number of rotatable bonds is 1. The molecule has 2 rings (SSSR count). The molecule has 0 saturated heterocycles. The summed E-state index contributed by atoms with van der Waals surface area (Å²) in [6.45, 7) is 0. The average molecular weight is 262 g/mol. The average Bonchev–Trinajstić information content (AvgIpc) is 2.45. The topological polar surface area (TPSA) is 55.7 Å². The summed E-state index contributed by atoms with van der Waals surface area (Å²) >= 11 is 5.40. The number of aliphatic imine (C=N–C) groups is 1. The number of hydrogen-bond acceptors (Lipinski definition) is 4. The van der Waals surface area contributed by atoms with E-state index >= 15 is 0 Å². The van der Waals surface area contributed by atoms with E-state index in [1.165, 1.54) is 18.2 Å². The highest BCUT2D eigenvalue weighted by Crippen LogP contribution is 2.23. The van der Waals surface area contributed by atoms with E-state index in [2.05, 4.69) is 4.99 Å². The second kappa shape index (κ2) is 3.88. The van der Waals surface area contributed by atoms with E-state index < -0.39 is 25.2 Å². The van der Waals surface area contributed by atoms with Crippen molar-refractivity contribution in [3.8, 4) is 5.75 Å². The molecule has 1 aliphatic heterocycles. The Labute approximate surface area is 95.9 Å². The Morgan fingerprint density at radius 1 is 1.38 bits per heavy atom. The number of benzene rings is 1. The molecule has 0 spiro atoms. The predicted octanol–water partition coefficient (Wildman–Crippen LogP) is 2.03. The minimum atomic E-state index is -3.84. The van der Waals surface area contributed by atoms with E-state index in [1.807, 2.05) is 0 Å². The summed E-state index contributed by atoms with van der Waals surface area (Å²) in [6, 6.07) is 5.06. The first-order valence-electron chi connectivity index (χ1n) is 4.12. The fraction of sp³-hybridized carbons (Fsp3) is 0. The lowest BCUT2D eigenvalue weighted by atomic mass is 10.3. The molecule has 0 unspecified atom stereocenters. The molecule has 0 saturated carbocycles. The van der Waals surface area contributed by atoms with Crippen molar-refractivity contribution in [2.75, 3.05) is 0 Å². The lowest BCUT2D eigenvalue weighted by molar-refractivity contribution is 0.539. The van der Waals surface area contributed by atoms with Crippen LogP contribution in [0.2, 0.25) is 0 Å². The van der Waals surface area contributed by atoms with Gasteiger partial charge in [0.05, 0.1) is 6.20 Å². The van der Waals surface area contributed by atoms with E-state index in [4.69, 9.17) is 16.3 Å². The zero-order chi connectivity index (χ0) is 11.8. The van der Waals surface area contributed by atoms with Crippen LogP contribution in [0, 0.1) is 5.82 Å². The fourth-order valence-electron chi connectivity index (χ4n) is 1.04. The quantitative estimate of drug-likeness (QED) is 0.777. The zero-order valence-electron chi connectivity index (χ0n) is 7.72. The zero-order valence-corrected chi connectivity index (χ0v) is 9.30. The van der Waals surface area contributed by atoms with Gasteiger partial charge in [-0.3, -0.25) is 0 Å². The minimum absolute atomic E-state index is 0.0436. The van der Waals surface area contributed by atoms with Gasteiger partial charge >= 0.3 is 5.23 Å². The van der Waals surface area contributed by atoms with Gasteiger partial charge in [-0.1, -0.05) is 17.7 Å². The molecule has 0 radical (unpaired) electrons. The summed E-state index contributed by atoms with van der Waals surface area (Å²) in [5.41, 5.74) is 0. The second-order valence-electron chi connectivity index (χ2n) is 2.89. The van der Waals surface area contributed by atoms with Gasteiger partial charge in [-0.25, -0.2) is 17.8 Å². The lowest BCUT2D eigenvalue weighted by Gasteiger charge is -2.04. The Kier molecular flexibility index (Phi) is 2.69. The normalized spacial score (nSPS) is 17.9. The summed E-state index contributed by atoms with van der Waals surface area (Å²) < 4.78 is 40.2. The van der Waals surface area contributed by atoms with Gasteiger partial charge in [0.1, 0.15) is 11.6 Å². The summed E-state index contributed by atoms with van der Waals surface area (Å²) in [4.78, 5) is 3.48. The molecule has 1 aromatic carbocycles. The molecule has 7 heteroatoms. The van der Waals surface area contributed by atoms with E-state index in [1.54, 1.807) is 0 Å². The predicted molar refractivity (Wildman–Crippen MR) is 57.3 cm³/mol. The third kappa shape index (κ3) is 1.94. The van der Waals surface area contributed by atoms with Crippen LogP contribution in [-0.2, 0) is 9.84 Å². The maximum atomic E-state index is 12.8. The number of nitrogens with zero attached hydrogens (tertiary/aromatic N) is 1. The molecule has 0 amide bonds. The minimum Gasteiger partial charge on any atom is -0.430 e. The third-order valence-electron chi connectivity index (χ3n) is 1.76. The van der Waals surface area contributed by atoms with Crippen molar-refractivity contribution in [1.82, 2.24) is 0 Å². The molecule has 1 aromatic rings. The Balaban J connectivity index is 2.26. The molecule has 0 aliphatic carbocycles. The van der Waals surface area contributed by atoms with Crippen LogP contribution in [0.5, 0.6) is 5.75 Å². The van der Waals surface area contributed by atoms with Gasteiger partial charge in [-0.05, 0) is 12.1 Å². The van der Waals surface area contributed by atoms with Gasteiger partial charge in [0, 0.05) is 6.07 Å². The number of ether oxygens (including phenoxy) is 1. The van der Waals surface area contributed by atoms with Gasteiger partial charge in [0.25, 0.3) is 9.84 Å². The van der Waals surface area contributed by atoms with Gasteiger partial charge in [0.15, 0.2) is 4.36 Å². The van der Waals surface area contributed by atoms with Crippen molar-refractivity contribution in [1.29, 1.82) is 0 Å². The Hall–Kier alpha value is -1.40. The monoisotopic (exact) mass is 261 g/mol. The van der Waals surface area contributed by atoms with Crippen LogP contribution in [0.4, 0.5) is 4.39 Å². The molecule has 1 heterocycles. The van der Waals surface area contributed by atoms with Crippen LogP contribution >= 0.6 is 11.6 Å². The van der Waals surface area contributed by atoms with Crippen LogP contribution in [0.3, 0.4) is 0 Å². The van der Waals surface area contributed by atoms with E-state index in [0.29, 0.717) is 0 Å². The van der Waals surface area contributed by atoms with Gasteiger partial charge in [0.2, 0.25) is 0 Å². The van der Waals surface area contributed by atoms with Crippen LogP contribution in [0.25, 0.3) is 0 Å². The molecule has 84 valence electrons. The first-order valence-corrected chi connectivity index (χ1v) is 5.98. The molecule has 0 N–H and O–H groups in total. The summed E-state index contributed by atoms with van der Waals surface area (Å²) in [5, 5.41) is -0.553. The maximum absolute atomic E-state index is 12.8. The van der Waals surface area contributed by atoms with Crippen LogP contribution in [-0.4, -0.2) is 13.6 Å². The SMILES string of the molecule is O=S1(=O)C(Cl)=CN=C1Oc1cccc(F)c1. The van der Waals surface area contributed by atoms with E-state index in [-0.39, 0.29) is 5.75 Å². The van der Waals surface area contributed by atoms with Gasteiger partial charge < -0.3 is 4.74 Å². The first kappa shape index (κ1) is 11.1. The second-order valence-corrected chi connectivity index (χ2v) is 5.32. The smallest absolute Gasteiger partial charge is 0.321 e. The largest absolute Gasteiger partial charge is 0.430 e. The Bertz CT molecular complexity index is 595. The van der Waals surface area contributed by atoms with Crippen molar-refractivity contribution in [2.45, 2.75) is 0 Å². The first-order chi connectivity index (χ1) is 7.50. The molecule has 4 nitrogen and oxygen atoms in total. The van der Waals surface area contributed by atoms with Crippen molar-refractivity contribution in [3.05, 3.63) is 40.6 Å². The summed E-state index contributed by atoms with van der Waals surface area (Å²) in [5.74, 6) is -0.491. The van der Waals surface area contributed by atoms with Crippen molar-refractivity contribution >= 4 is 26.7 Å². The van der Waals surface area contributed by atoms with E-state index in [9.17, 15) is 12.8 Å². The standard InChI is InChI=1S/C9H5ClFNO3S/c10-8-5-12-9(16(8,13)14)15-7-3-1-2-6(11)4-7/h1-5H. The highest BCUT2D eigenvalue weighted by molar-refractivity contribution is 8.10. The molecule has 0 atom stereocenters. The van der Waals surface area contributed by atoms with E-state index in [0.717, 1.165) is 12.3 Å². The molecule has 0 aromatic heterocycles. The van der Waals surface area contributed by atoms with Gasteiger partial charge in [-0.2, -0.15) is 0 Å². The number of sulfone groups is 1. The molecule has 0 bridgehead atoms. The Morgan fingerprint density at radius 2 is 2.12 bits per heavy atom. The summed E-state index contributed by atoms with van der Waals surface area (Å²) in [7, 11) is -3.84. The summed E-state index contributed by atoms with van der Waals surface area (Å²) in [6.07, 6.45) is 0.964. The molecule has 16 heavy (non-hydrogen) atoms.